The third-order valence-corrected chi connectivity index (χ3v) is 6.83. The van der Waals surface area contributed by atoms with Crippen molar-refractivity contribution in [2.24, 2.45) is 0 Å². The van der Waals surface area contributed by atoms with E-state index < -0.39 is 39.7 Å². The van der Waals surface area contributed by atoms with E-state index >= 15 is 0 Å². The molecule has 0 saturated heterocycles. The average Bonchev–Trinajstić information content (AvgIpc) is 3.12. The minimum atomic E-state index is -2.88. The maximum absolute atomic E-state index is 14.9. The molecule has 1 aliphatic carbocycles. The highest BCUT2D eigenvalue weighted by atomic mass is 35.6. The minimum absolute atomic E-state index is 0.0667. The molecule has 1 amide bonds. The van der Waals surface area contributed by atoms with Crippen molar-refractivity contribution in [2.45, 2.75) is 41.2 Å². The van der Waals surface area contributed by atoms with Gasteiger partial charge in [0.25, 0.3) is 15.6 Å². The van der Waals surface area contributed by atoms with Crippen LogP contribution in [0.15, 0.2) is 30.3 Å². The Kier molecular flexibility index (Phi) is 6.05. The van der Waals surface area contributed by atoms with Crippen molar-refractivity contribution in [2.75, 3.05) is 20.6 Å². The molecule has 0 bridgehead atoms. The van der Waals surface area contributed by atoms with E-state index in [0.29, 0.717) is 5.69 Å². The zero-order valence-electron chi connectivity index (χ0n) is 17.8. The molecule has 178 valence electrons. The molecule has 1 aromatic carbocycles. The Labute approximate surface area is 204 Å². The Morgan fingerprint density at radius 2 is 1.76 bits per heavy atom. The number of benzene rings is 1. The zero-order chi connectivity index (χ0) is 24.3. The summed E-state index contributed by atoms with van der Waals surface area (Å²) >= 11 is 17.3. The van der Waals surface area contributed by atoms with Gasteiger partial charge in [0.1, 0.15) is 5.82 Å². The number of halogens is 6. The summed E-state index contributed by atoms with van der Waals surface area (Å²) in [5.74, 6) is -4.54. The second-order valence-corrected chi connectivity index (χ2v) is 11.0. The number of ketones is 1. The lowest BCUT2D eigenvalue weighted by Crippen LogP contribution is -2.63. The molecule has 1 spiro atoms. The number of rotatable bonds is 4. The lowest BCUT2D eigenvalue weighted by Gasteiger charge is -2.56. The summed E-state index contributed by atoms with van der Waals surface area (Å²) in [6.45, 7) is 0.642. The molecule has 0 unspecified atom stereocenters. The summed E-state index contributed by atoms with van der Waals surface area (Å²) in [6, 6.07) is 7.25. The molecule has 2 aromatic rings. The highest BCUT2D eigenvalue weighted by molar-refractivity contribution is 6.77. The first-order valence-corrected chi connectivity index (χ1v) is 11.3. The first kappa shape index (κ1) is 24.4. The van der Waals surface area contributed by atoms with Gasteiger partial charge in [0.05, 0.1) is 11.2 Å². The number of hydrogen-bond donors (Lipinski definition) is 0. The van der Waals surface area contributed by atoms with Gasteiger partial charge in [-0.15, -0.1) is 0 Å². The van der Waals surface area contributed by atoms with E-state index in [1.807, 2.05) is 0 Å². The highest BCUT2D eigenvalue weighted by Crippen LogP contribution is 2.57. The molecular formula is C22H21Cl3F3N3O2. The molecule has 5 nitrogen and oxygen atoms in total. The summed E-state index contributed by atoms with van der Waals surface area (Å²) in [4.78, 5) is 27.8. The van der Waals surface area contributed by atoms with Gasteiger partial charge >= 0.3 is 0 Å². The first-order chi connectivity index (χ1) is 15.2. The predicted molar refractivity (Wildman–Crippen MR) is 120 cm³/mol. The molecule has 4 rings (SSSR count). The lowest BCUT2D eigenvalue weighted by molar-refractivity contribution is -0.192. The minimum Gasteiger partial charge on any atom is -0.345 e. The number of fused-ring (bicyclic) bond motifs is 2. The maximum Gasteiger partial charge on any atom is 0.255 e. The summed E-state index contributed by atoms with van der Waals surface area (Å²) in [5, 5.41) is 0. The topological polar surface area (TPSA) is 45.6 Å². The van der Waals surface area contributed by atoms with Crippen LogP contribution in [-0.4, -0.2) is 56.4 Å². The smallest absolute Gasteiger partial charge is 0.255 e. The van der Waals surface area contributed by atoms with E-state index in [4.69, 9.17) is 34.8 Å². The molecule has 1 aliphatic heterocycles. The second kappa shape index (κ2) is 8.18. The molecule has 1 aromatic heterocycles. The lowest BCUT2D eigenvalue weighted by atomic mass is 9.68. The molecule has 11 heteroatoms. The average molecular weight is 523 g/mol. The Balaban J connectivity index is 1.67. The largest absolute Gasteiger partial charge is 0.345 e. The van der Waals surface area contributed by atoms with Crippen LogP contribution >= 0.6 is 34.8 Å². The number of aromatic nitrogens is 1. The molecular weight excluding hydrogens is 502 g/mol. The van der Waals surface area contributed by atoms with Crippen molar-refractivity contribution in [1.82, 2.24) is 14.4 Å². The number of carbonyl (C=O) groups is 2. The number of carbonyl (C=O) groups excluding carboxylic acids is 2. The fourth-order valence-electron chi connectivity index (χ4n) is 4.77. The van der Waals surface area contributed by atoms with Gasteiger partial charge in [-0.25, -0.2) is 13.2 Å². The standard InChI is InChI=1S/C22H21Cl3F3N3O2/c1-29(2)19(33)13-3-4-14(15(26)9-13)10-30-7-8-31-16(18(32)22(23,24)25)5-6-17(31)20(30)11-21(27,28)12-20/h3-6,9H,7-8,10-12H2,1-2H3. The predicted octanol–water partition coefficient (Wildman–Crippen LogP) is 5.02. The molecule has 0 radical (unpaired) electrons. The van der Waals surface area contributed by atoms with Gasteiger partial charge in [-0.3, -0.25) is 14.5 Å². The van der Waals surface area contributed by atoms with Crippen LogP contribution in [0.2, 0.25) is 0 Å². The number of amides is 1. The molecule has 0 N–H and O–H groups in total. The van der Waals surface area contributed by atoms with Gasteiger partial charge in [-0.2, -0.15) is 0 Å². The van der Waals surface area contributed by atoms with Crippen LogP contribution in [-0.2, 0) is 18.6 Å². The van der Waals surface area contributed by atoms with Crippen molar-refractivity contribution in [3.8, 4) is 0 Å². The van der Waals surface area contributed by atoms with Gasteiger partial charge in [-0.1, -0.05) is 40.9 Å². The fraction of sp³-hybridized carbons (Fsp3) is 0.455. The number of Topliss-reactive ketones (excluding diaryl/α,β-unsaturated/α-hetero) is 1. The fourth-order valence-corrected chi connectivity index (χ4v) is 5.06. The summed E-state index contributed by atoms with van der Waals surface area (Å²) < 4.78 is 42.6. The van der Waals surface area contributed by atoms with Crippen molar-refractivity contribution in [3.05, 3.63) is 58.7 Å². The third kappa shape index (κ3) is 4.27. The van der Waals surface area contributed by atoms with Gasteiger partial charge in [0, 0.05) is 63.4 Å². The highest BCUT2D eigenvalue weighted by Gasteiger charge is 2.62. The van der Waals surface area contributed by atoms with Gasteiger partial charge in [-0.05, 0) is 24.3 Å². The van der Waals surface area contributed by atoms with E-state index in [1.165, 1.54) is 23.1 Å². The normalized spacial score (nSPS) is 19.2. The van der Waals surface area contributed by atoms with Crippen LogP contribution in [0.25, 0.3) is 0 Å². The third-order valence-electron chi connectivity index (χ3n) is 6.32. The summed E-state index contributed by atoms with van der Waals surface area (Å²) in [7, 11) is 3.14. The SMILES string of the molecule is CN(C)C(=O)c1ccc(CN2CCn3c(C(=O)C(Cl)(Cl)Cl)ccc3C23CC(F)(F)C3)c(F)c1. The molecule has 0 atom stereocenters. The van der Waals surface area contributed by atoms with Gasteiger partial charge < -0.3 is 9.47 Å². The van der Waals surface area contributed by atoms with Gasteiger partial charge in [0.2, 0.25) is 5.78 Å². The number of nitrogens with zero attached hydrogens (tertiary/aromatic N) is 3. The quantitative estimate of drug-likeness (QED) is 0.418. The van der Waals surface area contributed by atoms with Crippen molar-refractivity contribution in [1.29, 1.82) is 0 Å². The van der Waals surface area contributed by atoms with E-state index in [9.17, 15) is 22.8 Å². The van der Waals surface area contributed by atoms with Crippen LogP contribution in [0.3, 0.4) is 0 Å². The van der Waals surface area contributed by atoms with Crippen LogP contribution in [0, 0.1) is 5.82 Å². The summed E-state index contributed by atoms with van der Waals surface area (Å²) in [5.41, 5.74) is 0.0541. The monoisotopic (exact) mass is 521 g/mol. The van der Waals surface area contributed by atoms with E-state index in [1.54, 1.807) is 29.6 Å². The Hall–Kier alpha value is -1.74. The number of hydrogen-bond acceptors (Lipinski definition) is 3. The van der Waals surface area contributed by atoms with E-state index in [0.717, 1.165) is 6.07 Å². The van der Waals surface area contributed by atoms with Crippen LogP contribution in [0.1, 0.15) is 44.9 Å². The van der Waals surface area contributed by atoms with Gasteiger partial charge in [0.15, 0.2) is 0 Å². The second-order valence-electron chi connectivity index (χ2n) is 8.75. The first-order valence-electron chi connectivity index (χ1n) is 10.2. The van der Waals surface area contributed by atoms with Crippen molar-refractivity contribution in [3.63, 3.8) is 0 Å². The molecule has 2 aliphatic rings. The molecule has 2 heterocycles. The molecule has 33 heavy (non-hydrogen) atoms. The van der Waals surface area contributed by atoms with Crippen molar-refractivity contribution < 1.29 is 22.8 Å². The molecule has 1 fully saturated rings. The maximum atomic E-state index is 14.9. The van der Waals surface area contributed by atoms with E-state index in [-0.39, 0.29) is 42.4 Å². The number of alkyl halides is 5. The van der Waals surface area contributed by atoms with E-state index in [2.05, 4.69) is 0 Å². The van der Waals surface area contributed by atoms with Crippen molar-refractivity contribution >= 4 is 46.5 Å². The van der Waals surface area contributed by atoms with Crippen LogP contribution in [0.4, 0.5) is 13.2 Å². The Bertz CT molecular complexity index is 1120. The Morgan fingerprint density at radius 1 is 1.09 bits per heavy atom. The van der Waals surface area contributed by atoms with Crippen LogP contribution in [0.5, 0.6) is 0 Å². The van der Waals surface area contributed by atoms with Crippen LogP contribution < -0.4 is 0 Å². The summed E-state index contributed by atoms with van der Waals surface area (Å²) in [6.07, 6.45) is -0.936. The molecule has 1 saturated carbocycles. The Morgan fingerprint density at radius 3 is 2.30 bits per heavy atom. The zero-order valence-corrected chi connectivity index (χ0v) is 20.1.